The number of hydrogen-bond donors (Lipinski definition) is 1. The Morgan fingerprint density at radius 3 is 2.50 bits per heavy atom. The van der Waals surface area contributed by atoms with Crippen molar-refractivity contribution in [2.45, 2.75) is 33.7 Å². The van der Waals surface area contributed by atoms with Crippen LogP contribution in [0.15, 0.2) is 6.07 Å². The molecule has 68 valence electrons. The number of nitrogens with two attached hydrogens (primary N) is 1. The van der Waals surface area contributed by atoms with Gasteiger partial charge in [-0.15, -0.1) is 0 Å². The van der Waals surface area contributed by atoms with Crippen LogP contribution in [0.4, 0.5) is 0 Å². The molecule has 2 N–H and O–H groups in total. The second-order valence-corrected chi connectivity index (χ2v) is 3.18. The van der Waals surface area contributed by atoms with E-state index >= 15 is 0 Å². The Morgan fingerprint density at radius 2 is 2.08 bits per heavy atom. The van der Waals surface area contributed by atoms with E-state index in [1.807, 2.05) is 0 Å². The minimum Gasteiger partial charge on any atom is -0.349 e. The molecule has 0 spiro atoms. The summed E-state index contributed by atoms with van der Waals surface area (Å²) in [5.41, 5.74) is 9.64. The van der Waals surface area contributed by atoms with Crippen molar-refractivity contribution >= 4 is 0 Å². The predicted molar refractivity (Wildman–Crippen MR) is 52.3 cm³/mol. The third kappa shape index (κ3) is 1.53. The molecule has 2 nitrogen and oxygen atoms in total. The molecule has 12 heavy (non-hydrogen) atoms. The Morgan fingerprint density at radius 1 is 1.42 bits per heavy atom. The first kappa shape index (κ1) is 9.33. The van der Waals surface area contributed by atoms with Gasteiger partial charge in [-0.3, -0.25) is 0 Å². The standard InChI is InChI=1S/C10H18N2/c1-4-12-8(2)7-10(5-6-11)9(12)3/h7H,4-6,11H2,1-3H3. The summed E-state index contributed by atoms with van der Waals surface area (Å²) in [5, 5.41) is 0. The molecular weight excluding hydrogens is 148 g/mol. The van der Waals surface area contributed by atoms with Gasteiger partial charge in [0, 0.05) is 17.9 Å². The summed E-state index contributed by atoms with van der Waals surface area (Å²) in [6.07, 6.45) is 1.000. The van der Waals surface area contributed by atoms with Gasteiger partial charge in [0.1, 0.15) is 0 Å². The first-order valence-corrected chi connectivity index (χ1v) is 4.56. The van der Waals surface area contributed by atoms with Gasteiger partial charge in [-0.25, -0.2) is 0 Å². The molecule has 0 saturated heterocycles. The van der Waals surface area contributed by atoms with Gasteiger partial charge in [0.2, 0.25) is 0 Å². The number of hydrogen-bond acceptors (Lipinski definition) is 1. The van der Waals surface area contributed by atoms with Crippen molar-refractivity contribution in [1.29, 1.82) is 0 Å². The molecule has 1 heterocycles. The minimum absolute atomic E-state index is 0.744. The lowest BCUT2D eigenvalue weighted by molar-refractivity contribution is 0.714. The largest absolute Gasteiger partial charge is 0.349 e. The summed E-state index contributed by atoms with van der Waals surface area (Å²) in [5.74, 6) is 0. The fourth-order valence-corrected chi connectivity index (χ4v) is 1.77. The molecule has 0 aromatic carbocycles. The summed E-state index contributed by atoms with van der Waals surface area (Å²) in [4.78, 5) is 0. The second kappa shape index (κ2) is 3.76. The van der Waals surface area contributed by atoms with Crippen molar-refractivity contribution in [3.05, 3.63) is 23.0 Å². The van der Waals surface area contributed by atoms with Crippen LogP contribution < -0.4 is 5.73 Å². The van der Waals surface area contributed by atoms with Crippen LogP contribution in [-0.2, 0) is 13.0 Å². The van der Waals surface area contributed by atoms with Crippen molar-refractivity contribution in [2.75, 3.05) is 6.54 Å². The summed E-state index contributed by atoms with van der Waals surface area (Å²) in [6.45, 7) is 8.29. The van der Waals surface area contributed by atoms with E-state index in [-0.39, 0.29) is 0 Å². The predicted octanol–water partition coefficient (Wildman–Crippen LogP) is 1.63. The number of aryl methyl sites for hydroxylation is 1. The molecule has 0 bridgehead atoms. The molecule has 0 aliphatic carbocycles. The molecule has 2 heteroatoms. The van der Waals surface area contributed by atoms with E-state index < -0.39 is 0 Å². The Bertz CT molecular complexity index is 261. The maximum absolute atomic E-state index is 5.52. The van der Waals surface area contributed by atoms with Gasteiger partial charge >= 0.3 is 0 Å². The molecule has 0 fully saturated rings. The maximum atomic E-state index is 5.52. The molecule has 0 unspecified atom stereocenters. The van der Waals surface area contributed by atoms with Crippen molar-refractivity contribution in [1.82, 2.24) is 4.57 Å². The van der Waals surface area contributed by atoms with Crippen LogP contribution in [0.25, 0.3) is 0 Å². The van der Waals surface area contributed by atoms with Gasteiger partial charge in [0.25, 0.3) is 0 Å². The van der Waals surface area contributed by atoms with E-state index in [0.717, 1.165) is 19.5 Å². The highest BCUT2D eigenvalue weighted by Gasteiger charge is 2.05. The van der Waals surface area contributed by atoms with E-state index in [2.05, 4.69) is 31.4 Å². The van der Waals surface area contributed by atoms with Gasteiger partial charge in [-0.1, -0.05) is 0 Å². The average molecular weight is 166 g/mol. The van der Waals surface area contributed by atoms with E-state index in [0.29, 0.717) is 0 Å². The molecule has 0 amide bonds. The zero-order valence-electron chi connectivity index (χ0n) is 8.22. The molecule has 1 rings (SSSR count). The number of aromatic nitrogens is 1. The van der Waals surface area contributed by atoms with Crippen LogP contribution in [0.1, 0.15) is 23.9 Å². The van der Waals surface area contributed by atoms with Crippen LogP contribution in [0.2, 0.25) is 0 Å². The quantitative estimate of drug-likeness (QED) is 0.727. The van der Waals surface area contributed by atoms with Crippen LogP contribution in [0, 0.1) is 13.8 Å². The zero-order valence-corrected chi connectivity index (χ0v) is 8.22. The van der Waals surface area contributed by atoms with E-state index in [9.17, 15) is 0 Å². The van der Waals surface area contributed by atoms with Gasteiger partial charge in [-0.2, -0.15) is 0 Å². The highest BCUT2D eigenvalue weighted by Crippen LogP contribution is 2.14. The van der Waals surface area contributed by atoms with E-state index in [1.54, 1.807) is 0 Å². The highest BCUT2D eigenvalue weighted by atomic mass is 15.0. The number of nitrogens with zero attached hydrogens (tertiary/aromatic N) is 1. The average Bonchev–Trinajstić information content (AvgIpc) is 2.29. The Hall–Kier alpha value is -0.760. The zero-order chi connectivity index (χ0) is 9.14. The summed E-state index contributed by atoms with van der Waals surface area (Å²) < 4.78 is 2.32. The summed E-state index contributed by atoms with van der Waals surface area (Å²) in [7, 11) is 0. The normalized spacial score (nSPS) is 10.7. The topological polar surface area (TPSA) is 30.9 Å². The van der Waals surface area contributed by atoms with Crippen molar-refractivity contribution in [3.8, 4) is 0 Å². The lowest BCUT2D eigenvalue weighted by Gasteiger charge is -2.05. The van der Waals surface area contributed by atoms with Crippen molar-refractivity contribution < 1.29 is 0 Å². The summed E-state index contributed by atoms with van der Waals surface area (Å²) >= 11 is 0. The maximum Gasteiger partial charge on any atom is 0.0196 e. The van der Waals surface area contributed by atoms with Gasteiger partial charge < -0.3 is 10.3 Å². The van der Waals surface area contributed by atoms with Crippen LogP contribution >= 0.6 is 0 Å². The summed E-state index contributed by atoms with van der Waals surface area (Å²) in [6, 6.07) is 2.24. The molecule has 0 aliphatic rings. The second-order valence-electron chi connectivity index (χ2n) is 3.18. The first-order valence-electron chi connectivity index (χ1n) is 4.56. The smallest absolute Gasteiger partial charge is 0.0196 e. The lowest BCUT2D eigenvalue weighted by Crippen LogP contribution is -2.04. The Kier molecular flexibility index (Phi) is 2.93. The van der Waals surface area contributed by atoms with Crippen LogP contribution in [0.3, 0.4) is 0 Å². The molecular formula is C10H18N2. The van der Waals surface area contributed by atoms with Crippen molar-refractivity contribution in [3.63, 3.8) is 0 Å². The van der Waals surface area contributed by atoms with Gasteiger partial charge in [-0.05, 0) is 45.4 Å². The fourth-order valence-electron chi connectivity index (χ4n) is 1.77. The molecule has 0 atom stereocenters. The number of rotatable bonds is 3. The molecule has 0 saturated carbocycles. The van der Waals surface area contributed by atoms with Crippen LogP contribution in [-0.4, -0.2) is 11.1 Å². The van der Waals surface area contributed by atoms with E-state index in [1.165, 1.54) is 17.0 Å². The Balaban J connectivity index is 3.00. The Labute approximate surface area is 74.4 Å². The molecule has 0 radical (unpaired) electrons. The fraction of sp³-hybridized carbons (Fsp3) is 0.600. The van der Waals surface area contributed by atoms with Crippen LogP contribution in [0.5, 0.6) is 0 Å². The lowest BCUT2D eigenvalue weighted by atomic mass is 10.2. The first-order chi connectivity index (χ1) is 5.70. The minimum atomic E-state index is 0.744. The molecule has 1 aromatic rings. The third-order valence-electron chi connectivity index (χ3n) is 2.41. The van der Waals surface area contributed by atoms with E-state index in [4.69, 9.17) is 5.73 Å². The van der Waals surface area contributed by atoms with Gasteiger partial charge in [0.05, 0.1) is 0 Å². The monoisotopic (exact) mass is 166 g/mol. The highest BCUT2D eigenvalue weighted by molar-refractivity contribution is 5.26. The SMILES string of the molecule is CCn1c(C)cc(CCN)c1C. The van der Waals surface area contributed by atoms with Gasteiger partial charge in [0.15, 0.2) is 0 Å². The van der Waals surface area contributed by atoms with Crippen molar-refractivity contribution in [2.24, 2.45) is 5.73 Å². The molecule has 0 aliphatic heterocycles. The third-order valence-corrected chi connectivity index (χ3v) is 2.41. The molecule has 1 aromatic heterocycles.